The average Bonchev–Trinajstić information content (AvgIpc) is 2.33. The monoisotopic (exact) mass is 253 g/mol. The second-order valence-electron chi connectivity index (χ2n) is 4.34. The summed E-state index contributed by atoms with van der Waals surface area (Å²) in [6, 6.07) is 0.598. The molecule has 1 heterocycles. The van der Waals surface area contributed by atoms with Gasteiger partial charge in [-0.05, 0) is 19.8 Å². The van der Waals surface area contributed by atoms with Crippen molar-refractivity contribution in [3.63, 3.8) is 0 Å². The molecule has 0 fully saturated rings. The van der Waals surface area contributed by atoms with Gasteiger partial charge in [0.05, 0.1) is 6.61 Å². The van der Waals surface area contributed by atoms with Crippen LogP contribution in [0.3, 0.4) is 0 Å². The van der Waals surface area contributed by atoms with E-state index in [9.17, 15) is 0 Å². The molecule has 6 nitrogen and oxygen atoms in total. The van der Waals surface area contributed by atoms with Gasteiger partial charge in [-0.3, -0.25) is 0 Å². The highest BCUT2D eigenvalue weighted by atomic mass is 16.5. The van der Waals surface area contributed by atoms with Crippen LogP contribution in [0.25, 0.3) is 0 Å². The third-order valence-corrected chi connectivity index (χ3v) is 2.43. The van der Waals surface area contributed by atoms with Crippen molar-refractivity contribution in [2.24, 2.45) is 0 Å². The molecule has 0 amide bonds. The van der Waals surface area contributed by atoms with Gasteiger partial charge in [0.15, 0.2) is 0 Å². The summed E-state index contributed by atoms with van der Waals surface area (Å²) in [4.78, 5) is 12.2. The fraction of sp³-hybridized carbons (Fsp3) is 0.750. The van der Waals surface area contributed by atoms with E-state index in [1.54, 1.807) is 0 Å². The van der Waals surface area contributed by atoms with Crippen LogP contribution in [-0.2, 0) is 0 Å². The van der Waals surface area contributed by atoms with E-state index in [1.165, 1.54) is 12.8 Å². The Balaban J connectivity index is 2.61. The first-order chi connectivity index (χ1) is 8.65. The molecule has 0 radical (unpaired) electrons. The van der Waals surface area contributed by atoms with Gasteiger partial charge in [-0.2, -0.15) is 15.0 Å². The zero-order valence-electron chi connectivity index (χ0n) is 11.4. The molecule has 3 N–H and O–H groups in total. The molecular formula is C12H23N5O. The minimum Gasteiger partial charge on any atom is -0.463 e. The molecule has 102 valence electrons. The third-order valence-electron chi connectivity index (χ3n) is 2.43. The lowest BCUT2D eigenvalue weighted by Gasteiger charge is -2.13. The first-order valence-corrected chi connectivity index (χ1v) is 6.56. The highest BCUT2D eigenvalue weighted by molar-refractivity contribution is 5.33. The number of nitrogens with zero attached hydrogens (tertiary/aromatic N) is 3. The van der Waals surface area contributed by atoms with E-state index < -0.39 is 0 Å². The van der Waals surface area contributed by atoms with Gasteiger partial charge in [-0.15, -0.1) is 0 Å². The van der Waals surface area contributed by atoms with E-state index >= 15 is 0 Å². The van der Waals surface area contributed by atoms with Gasteiger partial charge in [0.1, 0.15) is 0 Å². The summed E-state index contributed by atoms with van der Waals surface area (Å²) in [6.45, 7) is 6.87. The smallest absolute Gasteiger partial charge is 0.323 e. The second kappa shape index (κ2) is 7.68. The van der Waals surface area contributed by atoms with Crippen molar-refractivity contribution in [1.29, 1.82) is 0 Å². The summed E-state index contributed by atoms with van der Waals surface area (Å²) in [7, 11) is 0. The van der Waals surface area contributed by atoms with Crippen molar-refractivity contribution in [3.05, 3.63) is 0 Å². The molecule has 0 bridgehead atoms. The Kier molecular flexibility index (Phi) is 6.18. The first-order valence-electron chi connectivity index (χ1n) is 6.56. The lowest BCUT2D eigenvalue weighted by molar-refractivity contribution is 0.292. The standard InChI is InChI=1S/C12H23N5O/c1-4-6-7-9(3)14-11-15-10(13)16-12(17-11)18-8-5-2/h9H,4-8H2,1-3H3,(H3,13,14,15,16,17). The van der Waals surface area contributed by atoms with Crippen molar-refractivity contribution in [2.45, 2.75) is 52.5 Å². The molecule has 1 unspecified atom stereocenters. The van der Waals surface area contributed by atoms with Crippen molar-refractivity contribution >= 4 is 11.9 Å². The van der Waals surface area contributed by atoms with E-state index in [2.05, 4.69) is 34.1 Å². The number of ether oxygens (including phenoxy) is 1. The van der Waals surface area contributed by atoms with E-state index in [0.717, 1.165) is 12.8 Å². The predicted octanol–water partition coefficient (Wildman–Crippen LogP) is 2.23. The summed E-state index contributed by atoms with van der Waals surface area (Å²) >= 11 is 0. The maximum atomic E-state index is 5.62. The van der Waals surface area contributed by atoms with E-state index in [-0.39, 0.29) is 12.0 Å². The second-order valence-corrected chi connectivity index (χ2v) is 4.34. The topological polar surface area (TPSA) is 86.0 Å². The number of anilines is 2. The Morgan fingerprint density at radius 1 is 1.22 bits per heavy atom. The van der Waals surface area contributed by atoms with Gasteiger partial charge < -0.3 is 15.8 Å². The average molecular weight is 253 g/mol. The number of rotatable bonds is 8. The highest BCUT2D eigenvalue weighted by Crippen LogP contribution is 2.12. The molecular weight excluding hydrogens is 230 g/mol. The molecule has 0 aliphatic rings. The molecule has 1 rings (SSSR count). The molecule has 1 aromatic rings. The molecule has 0 aromatic carbocycles. The summed E-state index contributed by atoms with van der Waals surface area (Å²) in [6.07, 6.45) is 4.33. The zero-order chi connectivity index (χ0) is 13.4. The van der Waals surface area contributed by atoms with Crippen LogP contribution in [0.2, 0.25) is 0 Å². The maximum absolute atomic E-state index is 5.62. The normalized spacial score (nSPS) is 12.2. The lowest BCUT2D eigenvalue weighted by Crippen LogP contribution is -2.18. The molecule has 18 heavy (non-hydrogen) atoms. The molecule has 0 aliphatic carbocycles. The summed E-state index contributed by atoms with van der Waals surface area (Å²) in [5.41, 5.74) is 5.62. The van der Waals surface area contributed by atoms with Gasteiger partial charge in [-0.25, -0.2) is 0 Å². The Hall–Kier alpha value is -1.59. The number of unbranched alkanes of at least 4 members (excludes halogenated alkanes) is 1. The number of nitrogen functional groups attached to an aromatic ring is 1. The van der Waals surface area contributed by atoms with Crippen molar-refractivity contribution in [1.82, 2.24) is 15.0 Å². The van der Waals surface area contributed by atoms with Crippen LogP contribution >= 0.6 is 0 Å². The van der Waals surface area contributed by atoms with Gasteiger partial charge in [0, 0.05) is 6.04 Å². The Labute approximate surface area is 108 Å². The third kappa shape index (κ3) is 5.16. The van der Waals surface area contributed by atoms with Crippen LogP contribution in [-0.4, -0.2) is 27.6 Å². The minimum absolute atomic E-state index is 0.182. The van der Waals surface area contributed by atoms with E-state index in [4.69, 9.17) is 10.5 Å². The highest BCUT2D eigenvalue weighted by Gasteiger charge is 2.08. The molecule has 1 aromatic heterocycles. The van der Waals surface area contributed by atoms with Crippen LogP contribution < -0.4 is 15.8 Å². The van der Waals surface area contributed by atoms with Crippen LogP contribution in [0, 0.1) is 0 Å². The molecule has 1 atom stereocenters. The van der Waals surface area contributed by atoms with Gasteiger partial charge in [0.25, 0.3) is 0 Å². The molecule has 0 spiro atoms. The van der Waals surface area contributed by atoms with Crippen LogP contribution in [0.4, 0.5) is 11.9 Å². The quantitative estimate of drug-likeness (QED) is 0.739. The predicted molar refractivity (Wildman–Crippen MR) is 72.6 cm³/mol. The fourth-order valence-electron chi connectivity index (χ4n) is 1.50. The number of nitrogens with one attached hydrogen (secondary N) is 1. The number of hydrogen-bond donors (Lipinski definition) is 2. The van der Waals surface area contributed by atoms with E-state index in [1.807, 2.05) is 6.92 Å². The molecule has 6 heteroatoms. The van der Waals surface area contributed by atoms with Gasteiger partial charge >= 0.3 is 6.01 Å². The van der Waals surface area contributed by atoms with Crippen molar-refractivity contribution < 1.29 is 4.74 Å². The van der Waals surface area contributed by atoms with Gasteiger partial charge in [0.2, 0.25) is 11.9 Å². The first kappa shape index (κ1) is 14.5. The fourth-order valence-corrected chi connectivity index (χ4v) is 1.50. The molecule has 0 saturated heterocycles. The Morgan fingerprint density at radius 3 is 2.67 bits per heavy atom. The Bertz CT molecular complexity index is 358. The summed E-state index contributed by atoms with van der Waals surface area (Å²) < 4.78 is 5.36. The number of aromatic nitrogens is 3. The summed E-state index contributed by atoms with van der Waals surface area (Å²) in [5, 5.41) is 3.21. The van der Waals surface area contributed by atoms with Crippen LogP contribution in [0.5, 0.6) is 6.01 Å². The SMILES string of the molecule is CCCCC(C)Nc1nc(N)nc(OCCC)n1. The zero-order valence-corrected chi connectivity index (χ0v) is 11.4. The van der Waals surface area contributed by atoms with E-state index in [0.29, 0.717) is 18.6 Å². The number of hydrogen-bond acceptors (Lipinski definition) is 6. The molecule has 0 saturated carbocycles. The molecule has 0 aliphatic heterocycles. The van der Waals surface area contributed by atoms with Gasteiger partial charge in [-0.1, -0.05) is 26.7 Å². The minimum atomic E-state index is 0.182. The van der Waals surface area contributed by atoms with Crippen LogP contribution in [0.15, 0.2) is 0 Å². The largest absolute Gasteiger partial charge is 0.463 e. The number of nitrogens with two attached hydrogens (primary N) is 1. The van der Waals surface area contributed by atoms with Crippen molar-refractivity contribution in [3.8, 4) is 6.01 Å². The van der Waals surface area contributed by atoms with Crippen LogP contribution in [0.1, 0.15) is 46.5 Å². The summed E-state index contributed by atoms with van der Waals surface area (Å²) in [5.74, 6) is 0.665. The van der Waals surface area contributed by atoms with Crippen molar-refractivity contribution in [2.75, 3.05) is 17.7 Å². The lowest BCUT2D eigenvalue weighted by atomic mass is 10.1. The Morgan fingerprint density at radius 2 is 2.00 bits per heavy atom. The maximum Gasteiger partial charge on any atom is 0.323 e.